The molecule has 1 nitrogen and oxygen atoms in total. The highest BCUT2D eigenvalue weighted by molar-refractivity contribution is 6.83. The van der Waals surface area contributed by atoms with Gasteiger partial charge in [0.2, 0.25) is 0 Å². The van der Waals surface area contributed by atoms with Crippen molar-refractivity contribution in [2.45, 2.75) is 25.7 Å². The minimum Gasteiger partial charge on any atom is -0.376 e. The minimum absolute atomic E-state index is 0.670. The van der Waals surface area contributed by atoms with E-state index in [1.807, 2.05) is 0 Å². The third-order valence-electron chi connectivity index (χ3n) is 1.77. The van der Waals surface area contributed by atoms with Crippen LogP contribution in [-0.4, -0.2) is 13.2 Å². The average Bonchev–Trinajstić information content (AvgIpc) is 2.14. The highest BCUT2D eigenvalue weighted by Gasteiger charge is 2.09. The lowest BCUT2D eigenvalue weighted by Crippen LogP contribution is -2.16. The van der Waals surface area contributed by atoms with Crippen LogP contribution in [0.5, 0.6) is 0 Å². The van der Waals surface area contributed by atoms with Crippen LogP contribution in [0.1, 0.15) is 11.7 Å². The van der Waals surface area contributed by atoms with Gasteiger partial charge in [0.15, 0.2) is 0 Å². The van der Waals surface area contributed by atoms with Crippen molar-refractivity contribution in [1.82, 2.24) is 0 Å². The number of hydrogen-bond donors (Lipinski definition) is 1. The lowest BCUT2D eigenvalue weighted by Gasteiger charge is -2.07. The molecule has 0 saturated heterocycles. The molecule has 0 aliphatic carbocycles. The Labute approximate surface area is 97.1 Å². The number of aliphatic hydroxyl groups is 1. The summed E-state index contributed by atoms with van der Waals surface area (Å²) in [5.74, 6) is 2.88. The molecule has 0 aromatic heterocycles. The molecule has 0 aliphatic heterocycles. The van der Waals surface area contributed by atoms with Gasteiger partial charge >= 0.3 is 0 Å². The number of halogens is 1. The van der Waals surface area contributed by atoms with E-state index in [4.69, 9.17) is 11.6 Å². The molecule has 0 amide bonds. The topological polar surface area (TPSA) is 20.2 Å². The van der Waals surface area contributed by atoms with Crippen molar-refractivity contribution in [2.24, 2.45) is 0 Å². The van der Waals surface area contributed by atoms with Crippen molar-refractivity contribution in [3.8, 4) is 11.5 Å². The van der Waals surface area contributed by atoms with E-state index >= 15 is 0 Å². The van der Waals surface area contributed by atoms with Gasteiger partial charge in [-0.05, 0) is 17.7 Å². The van der Waals surface area contributed by atoms with E-state index in [2.05, 4.69) is 31.1 Å². The van der Waals surface area contributed by atoms with E-state index in [9.17, 15) is 5.11 Å². The Hall–Kier alpha value is -0.753. The van der Waals surface area contributed by atoms with Crippen LogP contribution in [0.2, 0.25) is 24.7 Å². The van der Waals surface area contributed by atoms with Crippen LogP contribution >= 0.6 is 11.6 Å². The second-order valence-corrected chi connectivity index (χ2v) is 9.66. The minimum atomic E-state index is -1.41. The number of aliphatic hydroxyl groups excluding tert-OH is 1. The SMILES string of the molecule is C[Si](C)(C)C#CC(O)c1ccc(Cl)cc1. The summed E-state index contributed by atoms with van der Waals surface area (Å²) < 4.78 is 0. The van der Waals surface area contributed by atoms with Crippen LogP contribution in [0, 0.1) is 11.5 Å². The second-order valence-electron chi connectivity index (χ2n) is 4.47. The Morgan fingerprint density at radius 2 is 1.73 bits per heavy atom. The Bertz CT molecular complexity index is 381. The summed E-state index contributed by atoms with van der Waals surface area (Å²) in [5.41, 5.74) is 3.94. The fraction of sp³-hybridized carbons (Fsp3) is 0.333. The summed E-state index contributed by atoms with van der Waals surface area (Å²) in [5, 5.41) is 10.5. The Balaban J connectivity index is 2.80. The quantitative estimate of drug-likeness (QED) is 0.588. The molecule has 1 aromatic rings. The third-order valence-corrected chi connectivity index (χ3v) is 2.92. The largest absolute Gasteiger partial charge is 0.376 e. The van der Waals surface area contributed by atoms with Crippen molar-refractivity contribution in [1.29, 1.82) is 0 Å². The molecule has 1 aromatic carbocycles. The molecule has 0 spiro atoms. The summed E-state index contributed by atoms with van der Waals surface area (Å²) in [6, 6.07) is 7.12. The zero-order valence-corrected chi connectivity index (χ0v) is 11.0. The van der Waals surface area contributed by atoms with Gasteiger partial charge < -0.3 is 5.11 Å². The maximum Gasteiger partial charge on any atom is 0.139 e. The Morgan fingerprint density at radius 1 is 1.20 bits per heavy atom. The van der Waals surface area contributed by atoms with Crippen LogP contribution in [0.25, 0.3) is 0 Å². The van der Waals surface area contributed by atoms with Gasteiger partial charge in [0.1, 0.15) is 14.2 Å². The van der Waals surface area contributed by atoms with E-state index in [1.165, 1.54) is 0 Å². The average molecular weight is 239 g/mol. The lowest BCUT2D eigenvalue weighted by molar-refractivity contribution is 0.238. The predicted molar refractivity (Wildman–Crippen MR) is 67.5 cm³/mol. The van der Waals surface area contributed by atoms with Crippen LogP contribution in [0.15, 0.2) is 24.3 Å². The fourth-order valence-corrected chi connectivity index (χ4v) is 1.71. The molecule has 0 bridgehead atoms. The van der Waals surface area contributed by atoms with Gasteiger partial charge in [0.25, 0.3) is 0 Å². The molecule has 3 heteroatoms. The molecule has 1 N–H and O–H groups in total. The van der Waals surface area contributed by atoms with Gasteiger partial charge in [0.05, 0.1) is 0 Å². The van der Waals surface area contributed by atoms with E-state index in [0.717, 1.165) is 5.56 Å². The zero-order chi connectivity index (χ0) is 11.5. The molecule has 1 unspecified atom stereocenters. The van der Waals surface area contributed by atoms with E-state index in [-0.39, 0.29) is 0 Å². The highest BCUT2D eigenvalue weighted by atomic mass is 35.5. The number of rotatable bonds is 1. The molecule has 1 atom stereocenters. The maximum atomic E-state index is 9.78. The summed E-state index contributed by atoms with van der Waals surface area (Å²) in [6.07, 6.45) is -0.700. The molecule has 1 rings (SSSR count). The molecule has 0 radical (unpaired) electrons. The third kappa shape index (κ3) is 4.52. The van der Waals surface area contributed by atoms with Crippen molar-refractivity contribution < 1.29 is 5.11 Å². The van der Waals surface area contributed by atoms with Gasteiger partial charge in [-0.3, -0.25) is 0 Å². The molecule has 0 saturated carbocycles. The van der Waals surface area contributed by atoms with E-state index in [1.54, 1.807) is 24.3 Å². The maximum absolute atomic E-state index is 9.78. The van der Waals surface area contributed by atoms with Crippen molar-refractivity contribution in [3.05, 3.63) is 34.9 Å². The van der Waals surface area contributed by atoms with Gasteiger partial charge in [-0.2, -0.15) is 0 Å². The molecule has 80 valence electrons. The Morgan fingerprint density at radius 3 is 2.20 bits per heavy atom. The summed E-state index contributed by atoms with van der Waals surface area (Å²) >= 11 is 5.76. The first-order valence-electron chi connectivity index (χ1n) is 4.85. The van der Waals surface area contributed by atoms with Gasteiger partial charge in [0, 0.05) is 5.02 Å². The first-order chi connectivity index (χ1) is 6.88. The molecule has 0 aliphatic rings. The van der Waals surface area contributed by atoms with Crippen molar-refractivity contribution >= 4 is 19.7 Å². The van der Waals surface area contributed by atoms with Gasteiger partial charge in [-0.15, -0.1) is 5.54 Å². The normalized spacial score (nSPS) is 12.9. The molecule has 0 heterocycles. The van der Waals surface area contributed by atoms with Crippen LogP contribution < -0.4 is 0 Å². The molecule has 15 heavy (non-hydrogen) atoms. The lowest BCUT2D eigenvalue weighted by atomic mass is 10.1. The standard InChI is InChI=1S/C12H15ClOSi/c1-15(2,3)9-8-12(14)10-4-6-11(13)7-5-10/h4-7,12,14H,1-3H3. The van der Waals surface area contributed by atoms with Crippen LogP contribution in [-0.2, 0) is 0 Å². The first-order valence-corrected chi connectivity index (χ1v) is 8.72. The smallest absolute Gasteiger partial charge is 0.139 e. The molecular weight excluding hydrogens is 224 g/mol. The first kappa shape index (κ1) is 12.3. The second kappa shape index (κ2) is 4.85. The summed E-state index contributed by atoms with van der Waals surface area (Å²) in [7, 11) is -1.41. The Kier molecular flexibility index (Phi) is 3.98. The van der Waals surface area contributed by atoms with E-state index in [0.29, 0.717) is 5.02 Å². The fourth-order valence-electron chi connectivity index (χ4n) is 1.01. The van der Waals surface area contributed by atoms with Gasteiger partial charge in [-0.25, -0.2) is 0 Å². The van der Waals surface area contributed by atoms with Crippen molar-refractivity contribution in [2.75, 3.05) is 0 Å². The van der Waals surface area contributed by atoms with Gasteiger partial charge in [-0.1, -0.05) is 49.3 Å². The van der Waals surface area contributed by atoms with E-state index < -0.39 is 14.2 Å². The number of benzene rings is 1. The summed E-state index contributed by atoms with van der Waals surface area (Å²) in [6.45, 7) is 6.44. The highest BCUT2D eigenvalue weighted by Crippen LogP contribution is 2.15. The predicted octanol–water partition coefficient (Wildman–Crippen LogP) is 3.25. The van der Waals surface area contributed by atoms with Crippen LogP contribution in [0.3, 0.4) is 0 Å². The molecule has 0 fully saturated rings. The summed E-state index contributed by atoms with van der Waals surface area (Å²) in [4.78, 5) is 0. The zero-order valence-electron chi connectivity index (χ0n) is 9.21. The van der Waals surface area contributed by atoms with Crippen LogP contribution in [0.4, 0.5) is 0 Å². The number of hydrogen-bond acceptors (Lipinski definition) is 1. The molecular formula is C12H15ClOSi. The van der Waals surface area contributed by atoms with Crippen molar-refractivity contribution in [3.63, 3.8) is 0 Å². The monoisotopic (exact) mass is 238 g/mol.